The number of nitrogens with zero attached hydrogens (tertiary/aromatic N) is 2. The SMILES string of the molecule is Cc1cc(C)cc(N2CC(=O)c3c2[nH]c(=O)c2c(C)c4ccccc4nc32)c1. The van der Waals surface area contributed by atoms with Crippen molar-refractivity contribution in [2.45, 2.75) is 20.8 Å². The highest BCUT2D eigenvalue weighted by atomic mass is 16.1. The van der Waals surface area contributed by atoms with Crippen molar-refractivity contribution < 1.29 is 4.79 Å². The highest BCUT2D eigenvalue weighted by Crippen LogP contribution is 2.37. The summed E-state index contributed by atoms with van der Waals surface area (Å²) in [6.07, 6.45) is 0. The van der Waals surface area contributed by atoms with E-state index < -0.39 is 0 Å². The van der Waals surface area contributed by atoms with E-state index in [2.05, 4.69) is 11.1 Å². The Morgan fingerprint density at radius 2 is 1.71 bits per heavy atom. The average Bonchev–Trinajstić information content (AvgIpc) is 2.97. The molecular formula is C23H19N3O2. The smallest absolute Gasteiger partial charge is 0.259 e. The highest BCUT2D eigenvalue weighted by Gasteiger charge is 2.33. The number of hydrogen-bond acceptors (Lipinski definition) is 4. The van der Waals surface area contributed by atoms with Gasteiger partial charge in [0.1, 0.15) is 5.82 Å². The van der Waals surface area contributed by atoms with E-state index in [1.165, 1.54) is 0 Å². The molecule has 5 nitrogen and oxygen atoms in total. The minimum Gasteiger partial charge on any atom is -0.319 e. The second-order valence-electron chi connectivity index (χ2n) is 7.51. The maximum atomic E-state index is 13.0. The molecule has 1 aliphatic rings. The van der Waals surface area contributed by atoms with Gasteiger partial charge >= 0.3 is 0 Å². The quantitative estimate of drug-likeness (QED) is 0.507. The number of benzene rings is 2. The van der Waals surface area contributed by atoms with Crippen molar-refractivity contribution in [2.75, 3.05) is 11.4 Å². The van der Waals surface area contributed by atoms with Gasteiger partial charge in [-0.05, 0) is 55.7 Å². The number of hydrogen-bond donors (Lipinski definition) is 1. The molecule has 0 amide bonds. The van der Waals surface area contributed by atoms with Gasteiger partial charge < -0.3 is 9.88 Å². The van der Waals surface area contributed by atoms with Gasteiger partial charge in [-0.2, -0.15) is 0 Å². The minimum atomic E-state index is -0.214. The van der Waals surface area contributed by atoms with Gasteiger partial charge in [-0.3, -0.25) is 9.59 Å². The molecule has 0 unspecified atom stereocenters. The van der Waals surface area contributed by atoms with Gasteiger partial charge in [-0.25, -0.2) is 4.98 Å². The van der Waals surface area contributed by atoms with E-state index in [1.807, 2.05) is 62.1 Å². The van der Waals surface area contributed by atoms with Gasteiger partial charge in [-0.15, -0.1) is 0 Å². The zero-order chi connectivity index (χ0) is 19.6. The molecule has 0 saturated heterocycles. The Kier molecular flexibility index (Phi) is 3.43. The van der Waals surface area contributed by atoms with Crippen LogP contribution in [-0.2, 0) is 0 Å². The average molecular weight is 369 g/mol. The topological polar surface area (TPSA) is 66.1 Å². The Balaban J connectivity index is 1.86. The molecule has 4 aromatic rings. The van der Waals surface area contributed by atoms with E-state index >= 15 is 0 Å². The van der Waals surface area contributed by atoms with Crippen molar-refractivity contribution in [1.82, 2.24) is 9.97 Å². The summed E-state index contributed by atoms with van der Waals surface area (Å²) < 4.78 is 0. The fourth-order valence-electron chi connectivity index (χ4n) is 4.28. The number of fused-ring (bicyclic) bond motifs is 4. The molecule has 0 spiro atoms. The van der Waals surface area contributed by atoms with Gasteiger partial charge in [0, 0.05) is 11.1 Å². The Labute approximate surface area is 161 Å². The van der Waals surface area contributed by atoms with Crippen molar-refractivity contribution >= 4 is 39.1 Å². The third-order valence-corrected chi connectivity index (χ3v) is 5.45. The van der Waals surface area contributed by atoms with Crippen LogP contribution in [0.15, 0.2) is 47.3 Å². The zero-order valence-electron chi connectivity index (χ0n) is 16.0. The molecule has 0 bridgehead atoms. The Morgan fingerprint density at radius 3 is 2.46 bits per heavy atom. The second kappa shape index (κ2) is 5.76. The number of H-pyrrole nitrogens is 1. The fourth-order valence-corrected chi connectivity index (χ4v) is 4.28. The zero-order valence-corrected chi connectivity index (χ0v) is 16.0. The summed E-state index contributed by atoms with van der Waals surface area (Å²) in [5, 5.41) is 1.42. The van der Waals surface area contributed by atoms with Crippen molar-refractivity contribution in [3.8, 4) is 0 Å². The normalized spacial score (nSPS) is 13.5. The van der Waals surface area contributed by atoms with Crippen LogP contribution in [0.1, 0.15) is 27.0 Å². The molecule has 1 aliphatic heterocycles. The van der Waals surface area contributed by atoms with Crippen molar-refractivity contribution in [3.05, 3.63) is 75.1 Å². The number of Topliss-reactive ketones (excluding diaryl/α,β-unsaturated/α-hetero) is 1. The van der Waals surface area contributed by atoms with Gasteiger partial charge in [0.15, 0.2) is 5.78 Å². The van der Waals surface area contributed by atoms with Gasteiger partial charge in [0.25, 0.3) is 5.56 Å². The number of anilines is 2. The van der Waals surface area contributed by atoms with Crippen LogP contribution < -0.4 is 10.5 Å². The number of pyridine rings is 2. The molecule has 0 fully saturated rings. The third-order valence-electron chi connectivity index (χ3n) is 5.45. The summed E-state index contributed by atoms with van der Waals surface area (Å²) in [4.78, 5) is 35.5. The second-order valence-corrected chi connectivity index (χ2v) is 7.51. The first kappa shape index (κ1) is 16.7. The molecule has 28 heavy (non-hydrogen) atoms. The molecule has 0 saturated carbocycles. The highest BCUT2D eigenvalue weighted by molar-refractivity contribution is 6.18. The van der Waals surface area contributed by atoms with Crippen LogP contribution in [0, 0.1) is 20.8 Å². The first-order valence-electron chi connectivity index (χ1n) is 9.28. The number of para-hydroxylation sites is 1. The van der Waals surface area contributed by atoms with Crippen LogP contribution in [0.4, 0.5) is 11.5 Å². The van der Waals surface area contributed by atoms with E-state index in [0.717, 1.165) is 33.3 Å². The molecule has 0 atom stereocenters. The van der Waals surface area contributed by atoms with Crippen molar-refractivity contribution in [2.24, 2.45) is 0 Å². The summed E-state index contributed by atoms with van der Waals surface area (Å²) in [5.74, 6) is 0.507. The summed E-state index contributed by atoms with van der Waals surface area (Å²) in [6.45, 7) is 6.15. The molecule has 0 radical (unpaired) electrons. The summed E-state index contributed by atoms with van der Waals surface area (Å²) in [5.41, 5.74) is 5.54. The Bertz CT molecular complexity index is 1350. The van der Waals surface area contributed by atoms with Crippen LogP contribution in [0.25, 0.3) is 21.8 Å². The molecule has 2 aromatic carbocycles. The Hall–Kier alpha value is -3.47. The summed E-state index contributed by atoms with van der Waals surface area (Å²) in [7, 11) is 0. The van der Waals surface area contributed by atoms with Crippen molar-refractivity contribution in [1.29, 1.82) is 0 Å². The number of aromatic amines is 1. The monoisotopic (exact) mass is 369 g/mol. The number of ketones is 1. The number of rotatable bonds is 1. The predicted octanol–water partition coefficient (Wildman–Crippen LogP) is 4.34. The molecule has 3 heterocycles. The van der Waals surface area contributed by atoms with Gasteiger partial charge in [0.05, 0.1) is 28.5 Å². The summed E-state index contributed by atoms with van der Waals surface area (Å²) >= 11 is 0. The van der Waals surface area contributed by atoms with E-state index in [-0.39, 0.29) is 17.9 Å². The fraction of sp³-hybridized carbons (Fsp3) is 0.174. The lowest BCUT2D eigenvalue weighted by Gasteiger charge is -2.19. The molecule has 1 N–H and O–H groups in total. The molecule has 2 aromatic heterocycles. The first-order chi connectivity index (χ1) is 13.4. The lowest BCUT2D eigenvalue weighted by molar-refractivity contribution is 0.101. The van der Waals surface area contributed by atoms with Crippen LogP contribution in [0.5, 0.6) is 0 Å². The van der Waals surface area contributed by atoms with E-state index in [4.69, 9.17) is 4.98 Å². The molecule has 5 rings (SSSR count). The maximum Gasteiger partial charge on any atom is 0.259 e. The number of nitrogens with one attached hydrogen (secondary N) is 1. The third kappa shape index (κ3) is 2.29. The molecule has 0 aliphatic carbocycles. The van der Waals surface area contributed by atoms with Crippen LogP contribution in [-0.4, -0.2) is 22.3 Å². The predicted molar refractivity (Wildman–Crippen MR) is 112 cm³/mol. The minimum absolute atomic E-state index is 0.0300. The number of aryl methyl sites for hydroxylation is 3. The lowest BCUT2D eigenvalue weighted by atomic mass is 10.0. The van der Waals surface area contributed by atoms with E-state index in [0.29, 0.717) is 22.3 Å². The van der Waals surface area contributed by atoms with Crippen LogP contribution >= 0.6 is 0 Å². The lowest BCUT2D eigenvalue weighted by Crippen LogP contribution is -2.19. The molecule has 138 valence electrons. The first-order valence-corrected chi connectivity index (χ1v) is 9.28. The summed E-state index contributed by atoms with van der Waals surface area (Å²) in [6, 6.07) is 13.8. The molecule has 5 heteroatoms. The van der Waals surface area contributed by atoms with Crippen LogP contribution in [0.2, 0.25) is 0 Å². The Morgan fingerprint density at radius 1 is 1.00 bits per heavy atom. The van der Waals surface area contributed by atoms with Crippen molar-refractivity contribution in [3.63, 3.8) is 0 Å². The number of aromatic nitrogens is 2. The van der Waals surface area contributed by atoms with E-state index in [9.17, 15) is 9.59 Å². The number of carbonyl (C=O) groups excluding carboxylic acids is 1. The van der Waals surface area contributed by atoms with E-state index in [1.54, 1.807) is 0 Å². The van der Waals surface area contributed by atoms with Gasteiger partial charge in [-0.1, -0.05) is 24.3 Å². The largest absolute Gasteiger partial charge is 0.319 e. The van der Waals surface area contributed by atoms with Gasteiger partial charge in [0.2, 0.25) is 0 Å². The maximum absolute atomic E-state index is 13.0. The number of carbonyl (C=O) groups is 1. The molecular weight excluding hydrogens is 350 g/mol. The van der Waals surface area contributed by atoms with Crippen LogP contribution in [0.3, 0.4) is 0 Å². The standard InChI is InChI=1S/C23H19N3O2/c1-12-8-13(2)10-15(9-12)26-11-18(27)20-21-19(23(28)25-22(20)26)14(3)16-6-4-5-7-17(16)24-21/h4-10H,11H2,1-3H3,(H,25,28).